The number of hydrogen-bond donors (Lipinski definition) is 1. The second-order valence-electron chi connectivity index (χ2n) is 7.00. The number of halogens is 1. The fraction of sp³-hybridized carbons (Fsp3) is 0.130. The van der Waals surface area contributed by atoms with Crippen molar-refractivity contribution in [2.45, 2.75) is 0 Å². The van der Waals surface area contributed by atoms with Gasteiger partial charge in [0.2, 0.25) is 0 Å². The number of nitrogens with zero attached hydrogens (tertiary/aromatic N) is 3. The number of methoxy groups -OCH3 is 1. The Morgan fingerprint density at radius 2 is 1.69 bits per heavy atom. The molecular formula is C23H21ClN4O4. The zero-order valence-corrected chi connectivity index (χ0v) is 18.5. The molecule has 32 heavy (non-hydrogen) atoms. The zero-order chi connectivity index (χ0) is 23.3. The Bertz CT molecular complexity index is 1180. The second-order valence-corrected chi connectivity index (χ2v) is 7.43. The summed E-state index contributed by atoms with van der Waals surface area (Å²) in [4.78, 5) is 25.5. The molecule has 1 N–H and O–H groups in total. The summed E-state index contributed by atoms with van der Waals surface area (Å²) in [5, 5.41) is 16.2. The number of carbonyl (C=O) groups is 1. The van der Waals surface area contributed by atoms with Gasteiger partial charge in [0.1, 0.15) is 0 Å². The molecule has 9 heteroatoms. The monoisotopic (exact) mass is 452 g/mol. The molecule has 3 aromatic rings. The summed E-state index contributed by atoms with van der Waals surface area (Å²) < 4.78 is 5.07. The van der Waals surface area contributed by atoms with Gasteiger partial charge in [-0.2, -0.15) is 5.10 Å². The first-order valence-corrected chi connectivity index (χ1v) is 9.92. The Kier molecular flexibility index (Phi) is 7.07. The molecule has 0 unspecified atom stereocenters. The molecule has 0 atom stereocenters. The van der Waals surface area contributed by atoms with Crippen LogP contribution in [0.2, 0.25) is 5.02 Å². The summed E-state index contributed by atoms with van der Waals surface area (Å²) in [7, 11) is 5.17. The molecule has 0 saturated heterocycles. The molecule has 0 aliphatic carbocycles. The summed E-state index contributed by atoms with van der Waals surface area (Å²) in [6, 6.07) is 18.3. The van der Waals surface area contributed by atoms with Crippen LogP contribution in [0.25, 0.3) is 0 Å². The number of carbonyl (C=O) groups excluding carboxylic acids is 1. The van der Waals surface area contributed by atoms with Crippen molar-refractivity contribution in [1.29, 1.82) is 0 Å². The topological polar surface area (TPSA) is 97.1 Å². The van der Waals surface area contributed by atoms with E-state index in [9.17, 15) is 14.9 Å². The first-order valence-electron chi connectivity index (χ1n) is 9.54. The number of nitro benzene ring substituents is 1. The smallest absolute Gasteiger partial charge is 0.311 e. The number of amides is 1. The van der Waals surface area contributed by atoms with E-state index in [0.717, 1.165) is 5.69 Å². The summed E-state index contributed by atoms with van der Waals surface area (Å²) in [6.07, 6.45) is 0. The maximum atomic E-state index is 12.6. The Morgan fingerprint density at radius 1 is 1.03 bits per heavy atom. The summed E-state index contributed by atoms with van der Waals surface area (Å²) >= 11 is 6.13. The average molecular weight is 453 g/mol. The van der Waals surface area contributed by atoms with E-state index in [1.165, 1.54) is 19.2 Å². The first kappa shape index (κ1) is 22.8. The molecule has 0 heterocycles. The first-order chi connectivity index (χ1) is 15.3. The number of anilines is 1. The Balaban J connectivity index is 2.00. The van der Waals surface area contributed by atoms with Gasteiger partial charge in [0.25, 0.3) is 5.91 Å². The second kappa shape index (κ2) is 9.93. The van der Waals surface area contributed by atoms with Crippen LogP contribution in [0, 0.1) is 10.1 Å². The van der Waals surface area contributed by atoms with Crippen LogP contribution in [0.15, 0.2) is 71.8 Å². The molecule has 0 aliphatic heterocycles. The predicted octanol–water partition coefficient (Wildman–Crippen LogP) is 4.51. The molecule has 0 aromatic heterocycles. The Morgan fingerprint density at radius 3 is 2.28 bits per heavy atom. The quantitative estimate of drug-likeness (QED) is 0.323. The predicted molar refractivity (Wildman–Crippen MR) is 125 cm³/mol. The van der Waals surface area contributed by atoms with E-state index in [2.05, 4.69) is 10.5 Å². The largest absolute Gasteiger partial charge is 0.490 e. The van der Waals surface area contributed by atoms with Gasteiger partial charge >= 0.3 is 5.69 Å². The highest BCUT2D eigenvalue weighted by atomic mass is 35.5. The van der Waals surface area contributed by atoms with Gasteiger partial charge in [0, 0.05) is 47.6 Å². The standard InChI is InChI=1S/C23H21ClN4O4/c1-27(2)19-10-7-15(8-11-19)23(29)26-25-22(16-5-4-6-18(24)13-16)17-9-12-21(32-3)20(14-17)28(30)31/h4-14H,1-3H3,(H,26,29). The third-order valence-corrected chi connectivity index (χ3v) is 4.90. The van der Waals surface area contributed by atoms with Gasteiger partial charge < -0.3 is 9.64 Å². The van der Waals surface area contributed by atoms with Gasteiger partial charge in [0.15, 0.2) is 5.75 Å². The van der Waals surface area contributed by atoms with E-state index < -0.39 is 10.8 Å². The van der Waals surface area contributed by atoms with Crippen molar-refractivity contribution in [3.05, 3.63) is 98.6 Å². The summed E-state index contributed by atoms with van der Waals surface area (Å²) in [6.45, 7) is 0. The minimum Gasteiger partial charge on any atom is -0.490 e. The Labute approximate surface area is 190 Å². The zero-order valence-electron chi connectivity index (χ0n) is 17.7. The van der Waals surface area contributed by atoms with Crippen molar-refractivity contribution in [2.24, 2.45) is 5.10 Å². The molecule has 164 valence electrons. The van der Waals surface area contributed by atoms with Gasteiger partial charge in [-0.1, -0.05) is 23.7 Å². The highest BCUT2D eigenvalue weighted by molar-refractivity contribution is 6.31. The lowest BCUT2D eigenvalue weighted by Crippen LogP contribution is -2.21. The molecule has 3 aromatic carbocycles. The van der Waals surface area contributed by atoms with E-state index in [1.54, 1.807) is 42.5 Å². The van der Waals surface area contributed by atoms with Crippen molar-refractivity contribution in [3.8, 4) is 5.75 Å². The molecule has 3 rings (SSSR count). The van der Waals surface area contributed by atoms with E-state index in [-0.39, 0.29) is 11.4 Å². The molecule has 0 fully saturated rings. The van der Waals surface area contributed by atoms with Crippen LogP contribution in [-0.2, 0) is 0 Å². The van der Waals surface area contributed by atoms with E-state index in [0.29, 0.717) is 27.4 Å². The number of benzene rings is 3. The lowest BCUT2D eigenvalue weighted by Gasteiger charge is -2.12. The Hall–Kier alpha value is -3.91. The van der Waals surface area contributed by atoms with Gasteiger partial charge in [0.05, 0.1) is 17.7 Å². The molecular weight excluding hydrogens is 432 g/mol. The maximum absolute atomic E-state index is 12.6. The summed E-state index contributed by atoms with van der Waals surface area (Å²) in [5.74, 6) is -0.299. The van der Waals surface area contributed by atoms with Crippen molar-refractivity contribution >= 4 is 34.6 Å². The number of nitrogens with one attached hydrogen (secondary N) is 1. The van der Waals surface area contributed by atoms with Gasteiger partial charge in [-0.3, -0.25) is 14.9 Å². The molecule has 0 aliphatic rings. The van der Waals surface area contributed by atoms with Crippen molar-refractivity contribution in [1.82, 2.24) is 5.43 Å². The third kappa shape index (κ3) is 5.22. The molecule has 1 amide bonds. The van der Waals surface area contributed by atoms with E-state index >= 15 is 0 Å². The summed E-state index contributed by atoms with van der Waals surface area (Å²) in [5.41, 5.74) is 5.01. The van der Waals surface area contributed by atoms with Crippen molar-refractivity contribution < 1.29 is 14.5 Å². The van der Waals surface area contributed by atoms with Gasteiger partial charge in [-0.25, -0.2) is 5.43 Å². The lowest BCUT2D eigenvalue weighted by atomic mass is 10.0. The van der Waals surface area contributed by atoms with Crippen LogP contribution in [-0.4, -0.2) is 37.7 Å². The lowest BCUT2D eigenvalue weighted by molar-refractivity contribution is -0.385. The van der Waals surface area contributed by atoms with E-state index in [4.69, 9.17) is 16.3 Å². The van der Waals surface area contributed by atoms with Crippen LogP contribution < -0.4 is 15.1 Å². The molecule has 0 saturated carbocycles. The normalized spacial score (nSPS) is 11.1. The number of hydrogen-bond acceptors (Lipinski definition) is 6. The van der Waals surface area contributed by atoms with Crippen molar-refractivity contribution in [2.75, 3.05) is 26.1 Å². The minimum absolute atomic E-state index is 0.120. The van der Waals surface area contributed by atoms with Crippen LogP contribution in [0.5, 0.6) is 5.75 Å². The van der Waals surface area contributed by atoms with Crippen molar-refractivity contribution in [3.63, 3.8) is 0 Å². The highest BCUT2D eigenvalue weighted by Crippen LogP contribution is 2.29. The van der Waals surface area contributed by atoms with Crippen LogP contribution in [0.3, 0.4) is 0 Å². The molecule has 0 spiro atoms. The average Bonchev–Trinajstić information content (AvgIpc) is 2.79. The molecule has 0 bridgehead atoms. The maximum Gasteiger partial charge on any atom is 0.311 e. The van der Waals surface area contributed by atoms with Crippen LogP contribution in [0.4, 0.5) is 11.4 Å². The highest BCUT2D eigenvalue weighted by Gasteiger charge is 2.19. The number of nitro groups is 1. The molecule has 8 nitrogen and oxygen atoms in total. The van der Waals surface area contributed by atoms with Crippen LogP contribution >= 0.6 is 11.6 Å². The SMILES string of the molecule is COc1ccc(C(=NNC(=O)c2ccc(N(C)C)cc2)c2cccc(Cl)c2)cc1[N+](=O)[O-]. The minimum atomic E-state index is -0.539. The number of rotatable bonds is 7. The number of hydrazone groups is 1. The van der Waals surface area contributed by atoms with Crippen LogP contribution in [0.1, 0.15) is 21.5 Å². The third-order valence-electron chi connectivity index (χ3n) is 4.66. The fourth-order valence-corrected chi connectivity index (χ4v) is 3.18. The molecule has 0 radical (unpaired) electrons. The van der Waals surface area contributed by atoms with Gasteiger partial charge in [-0.15, -0.1) is 0 Å². The number of ether oxygens (including phenoxy) is 1. The fourth-order valence-electron chi connectivity index (χ4n) is 2.99. The van der Waals surface area contributed by atoms with Gasteiger partial charge in [-0.05, 0) is 48.5 Å². The van der Waals surface area contributed by atoms with E-state index in [1.807, 2.05) is 31.1 Å².